The molecule has 1 aliphatic rings. The number of ether oxygens (including phenoxy) is 2. The van der Waals surface area contributed by atoms with Gasteiger partial charge in [0.1, 0.15) is 17.9 Å². The molecule has 8 nitrogen and oxygen atoms in total. The first kappa shape index (κ1) is 23.7. The Labute approximate surface area is 214 Å². The second-order valence-electron chi connectivity index (χ2n) is 7.96. The van der Waals surface area contributed by atoms with Crippen molar-refractivity contribution in [2.75, 3.05) is 18.5 Å². The lowest BCUT2D eigenvalue weighted by molar-refractivity contribution is 0.0906. The molecule has 1 atom stereocenters. The number of carbonyl (C=O) groups is 1. The Bertz CT molecular complexity index is 1430. The first-order valence-electron chi connectivity index (χ1n) is 11.0. The summed E-state index contributed by atoms with van der Waals surface area (Å²) in [5.41, 5.74) is 0.685. The fourth-order valence-corrected chi connectivity index (χ4v) is 5.33. The van der Waals surface area contributed by atoms with Crippen LogP contribution in [0, 0.1) is 0 Å². The zero-order chi connectivity index (χ0) is 24.4. The largest absolute Gasteiger partial charge is 0.492 e. The van der Waals surface area contributed by atoms with Crippen LogP contribution in [0.15, 0.2) is 47.7 Å². The smallest absolute Gasteiger partial charge is 0.260 e. The van der Waals surface area contributed by atoms with E-state index in [2.05, 4.69) is 20.3 Å². The van der Waals surface area contributed by atoms with Gasteiger partial charge in [0.15, 0.2) is 0 Å². The summed E-state index contributed by atoms with van der Waals surface area (Å²) >= 11 is 13.9. The maximum Gasteiger partial charge on any atom is 0.260 e. The number of anilines is 1. The number of carbonyl (C=O) groups excluding carboxylic acids is 1. The zero-order valence-electron chi connectivity index (χ0n) is 18.3. The van der Waals surface area contributed by atoms with Crippen molar-refractivity contribution in [3.63, 3.8) is 0 Å². The van der Waals surface area contributed by atoms with E-state index in [1.54, 1.807) is 30.3 Å². The second kappa shape index (κ2) is 10.3. The monoisotopic (exact) mass is 530 g/mol. The molecule has 0 spiro atoms. The molecule has 11 heteroatoms. The van der Waals surface area contributed by atoms with Crippen LogP contribution in [0.1, 0.15) is 29.6 Å². The summed E-state index contributed by atoms with van der Waals surface area (Å²) in [6.07, 6.45) is 5.69. The van der Waals surface area contributed by atoms with Crippen molar-refractivity contribution in [1.82, 2.24) is 15.0 Å². The number of halogens is 2. The Morgan fingerprint density at radius 2 is 2.17 bits per heavy atom. The summed E-state index contributed by atoms with van der Waals surface area (Å²) in [6, 6.07) is 8.23. The van der Waals surface area contributed by atoms with Crippen LogP contribution in [0.4, 0.5) is 5.82 Å². The number of fused-ring (bicyclic) bond motifs is 1. The minimum Gasteiger partial charge on any atom is -0.492 e. The van der Waals surface area contributed by atoms with Crippen LogP contribution in [0.2, 0.25) is 9.36 Å². The Balaban J connectivity index is 1.58. The number of thiophene rings is 1. The van der Waals surface area contributed by atoms with E-state index in [1.165, 1.54) is 23.9 Å². The lowest BCUT2D eigenvalue weighted by atomic mass is 10.1. The van der Waals surface area contributed by atoms with Crippen LogP contribution in [0.3, 0.4) is 0 Å². The highest BCUT2D eigenvalue weighted by Gasteiger charge is 2.22. The molecular formula is C24H20Cl2N4O4S. The normalized spacial score (nSPS) is 15.4. The average molecular weight is 531 g/mol. The van der Waals surface area contributed by atoms with Gasteiger partial charge in [0.25, 0.3) is 11.5 Å². The van der Waals surface area contributed by atoms with Gasteiger partial charge in [-0.2, -0.15) is 0 Å². The summed E-state index contributed by atoms with van der Waals surface area (Å²) in [6.45, 7) is 1.10. The van der Waals surface area contributed by atoms with Crippen molar-refractivity contribution in [3.8, 4) is 16.2 Å². The summed E-state index contributed by atoms with van der Waals surface area (Å²) in [5.74, 6) is 0.255. The third-order valence-electron chi connectivity index (χ3n) is 5.65. The first-order valence-corrected chi connectivity index (χ1v) is 12.5. The lowest BCUT2D eigenvalue weighted by Crippen LogP contribution is -2.16. The van der Waals surface area contributed by atoms with E-state index in [0.717, 1.165) is 19.4 Å². The van der Waals surface area contributed by atoms with Gasteiger partial charge in [0, 0.05) is 29.5 Å². The number of hydrogen-bond acceptors (Lipinski definition) is 7. The molecule has 4 heterocycles. The molecule has 1 saturated heterocycles. The third-order valence-corrected chi connectivity index (χ3v) is 7.21. The number of H-pyrrole nitrogens is 1. The highest BCUT2D eigenvalue weighted by Crippen LogP contribution is 2.39. The van der Waals surface area contributed by atoms with Gasteiger partial charge in [0.05, 0.1) is 38.7 Å². The third kappa shape index (κ3) is 5.18. The standard InChI is InChI=1S/C24H20Cl2N4O4S/c25-16-11-17-15(10-14(16)23(31)30-20-5-7-27-12-28-20)22(34-9-6-13-2-1-8-33-13)21(24(32)29-17)18-3-4-19(26)35-18/h3-5,7,10-13H,1-2,6,8-9H2,(H,29,32)(H,27,28,30,31). The predicted molar refractivity (Wildman–Crippen MR) is 137 cm³/mol. The van der Waals surface area contributed by atoms with Crippen molar-refractivity contribution >= 4 is 57.2 Å². The minimum atomic E-state index is -0.451. The van der Waals surface area contributed by atoms with Crippen LogP contribution in [-0.2, 0) is 4.74 Å². The number of benzene rings is 1. The SMILES string of the molecule is O=C(Nc1ccncn1)c1cc2c(OCCC3CCCO3)c(-c3ccc(Cl)s3)c(=O)[nH]c2cc1Cl. The van der Waals surface area contributed by atoms with Crippen LogP contribution in [0.5, 0.6) is 5.75 Å². The van der Waals surface area contributed by atoms with Gasteiger partial charge < -0.3 is 19.8 Å². The summed E-state index contributed by atoms with van der Waals surface area (Å²) in [7, 11) is 0. The number of nitrogens with zero attached hydrogens (tertiary/aromatic N) is 2. The predicted octanol–water partition coefficient (Wildman–Crippen LogP) is 5.55. The maximum atomic E-state index is 13.1. The molecule has 1 unspecified atom stereocenters. The molecule has 0 radical (unpaired) electrons. The van der Waals surface area contributed by atoms with E-state index < -0.39 is 5.91 Å². The minimum absolute atomic E-state index is 0.131. The van der Waals surface area contributed by atoms with Gasteiger partial charge >= 0.3 is 0 Å². The number of amides is 1. The summed E-state index contributed by atoms with van der Waals surface area (Å²) in [4.78, 5) is 37.5. The molecule has 0 bridgehead atoms. The summed E-state index contributed by atoms with van der Waals surface area (Å²) < 4.78 is 12.5. The van der Waals surface area contributed by atoms with Gasteiger partial charge in [-0.3, -0.25) is 9.59 Å². The van der Waals surface area contributed by atoms with Gasteiger partial charge in [-0.1, -0.05) is 23.2 Å². The van der Waals surface area contributed by atoms with Crippen LogP contribution < -0.4 is 15.6 Å². The molecule has 5 rings (SSSR count). The van der Waals surface area contributed by atoms with Gasteiger partial charge in [0.2, 0.25) is 0 Å². The van der Waals surface area contributed by atoms with Crippen LogP contribution >= 0.6 is 34.5 Å². The van der Waals surface area contributed by atoms with Gasteiger partial charge in [-0.05, 0) is 43.2 Å². The average Bonchev–Trinajstić information content (AvgIpc) is 3.51. The number of aromatic amines is 1. The van der Waals surface area contributed by atoms with E-state index in [-0.39, 0.29) is 22.2 Å². The van der Waals surface area contributed by atoms with Crippen molar-refractivity contribution in [1.29, 1.82) is 0 Å². The van der Waals surface area contributed by atoms with Crippen molar-refractivity contribution in [2.45, 2.75) is 25.4 Å². The first-order chi connectivity index (χ1) is 17.0. The molecule has 1 aliphatic heterocycles. The Morgan fingerprint density at radius 1 is 1.29 bits per heavy atom. The number of pyridine rings is 1. The summed E-state index contributed by atoms with van der Waals surface area (Å²) in [5, 5.41) is 3.43. The highest BCUT2D eigenvalue weighted by molar-refractivity contribution is 7.19. The molecule has 1 fully saturated rings. The second-order valence-corrected chi connectivity index (χ2v) is 10.1. The van der Waals surface area contributed by atoms with Crippen molar-refractivity contribution in [2.24, 2.45) is 0 Å². The fourth-order valence-electron chi connectivity index (χ4n) is 4.00. The zero-order valence-corrected chi connectivity index (χ0v) is 20.7. The molecule has 2 N–H and O–H groups in total. The number of aromatic nitrogens is 3. The van der Waals surface area contributed by atoms with Crippen molar-refractivity contribution < 1.29 is 14.3 Å². The highest BCUT2D eigenvalue weighted by atomic mass is 35.5. The Kier molecular flexibility index (Phi) is 7.01. The molecule has 0 aliphatic carbocycles. The van der Waals surface area contributed by atoms with E-state index in [9.17, 15) is 9.59 Å². The molecular weight excluding hydrogens is 511 g/mol. The van der Waals surface area contributed by atoms with E-state index >= 15 is 0 Å². The number of hydrogen-bond donors (Lipinski definition) is 2. The number of nitrogens with one attached hydrogen (secondary N) is 2. The Morgan fingerprint density at radius 3 is 2.89 bits per heavy atom. The lowest BCUT2D eigenvalue weighted by Gasteiger charge is -2.16. The number of rotatable bonds is 7. The molecule has 3 aromatic heterocycles. The van der Waals surface area contributed by atoms with Crippen LogP contribution in [0.25, 0.3) is 21.3 Å². The Hall–Kier alpha value is -2.98. The van der Waals surface area contributed by atoms with Crippen LogP contribution in [-0.4, -0.2) is 40.2 Å². The molecule has 0 saturated carbocycles. The fraction of sp³-hybridized carbons (Fsp3) is 0.250. The molecule has 1 amide bonds. The molecule has 180 valence electrons. The molecule has 1 aromatic carbocycles. The van der Waals surface area contributed by atoms with E-state index in [0.29, 0.717) is 50.3 Å². The topological polar surface area (TPSA) is 106 Å². The van der Waals surface area contributed by atoms with Gasteiger partial charge in [-0.15, -0.1) is 11.3 Å². The molecule has 35 heavy (non-hydrogen) atoms. The van der Waals surface area contributed by atoms with E-state index in [1.807, 2.05) is 0 Å². The quantitative estimate of drug-likeness (QED) is 0.324. The van der Waals surface area contributed by atoms with E-state index in [4.69, 9.17) is 32.7 Å². The maximum absolute atomic E-state index is 13.1. The molecule has 4 aromatic rings. The van der Waals surface area contributed by atoms with Gasteiger partial charge in [-0.25, -0.2) is 9.97 Å². The van der Waals surface area contributed by atoms with Crippen molar-refractivity contribution in [3.05, 3.63) is 68.1 Å².